The second-order valence-corrected chi connectivity index (χ2v) is 4.33. The van der Waals surface area contributed by atoms with Crippen molar-refractivity contribution in [3.8, 4) is 22.8 Å². The Bertz CT molecular complexity index is 779. The molecule has 0 fully saturated rings. The Hall–Kier alpha value is -2.70. The lowest BCUT2D eigenvalue weighted by Gasteiger charge is -2.09. The van der Waals surface area contributed by atoms with E-state index in [1.807, 2.05) is 0 Å². The van der Waals surface area contributed by atoms with Gasteiger partial charge in [-0.15, -0.1) is 13.2 Å². The number of hydrogen-bond acceptors (Lipinski definition) is 3. The molecule has 0 aliphatic heterocycles. The van der Waals surface area contributed by atoms with Gasteiger partial charge in [0.05, 0.1) is 6.20 Å². The van der Waals surface area contributed by atoms with Crippen molar-refractivity contribution in [1.29, 1.82) is 0 Å². The third kappa shape index (κ3) is 2.76. The standard InChI is InChI=1S/C14H9F3N2O2/c15-14(16,17)21-11-4-1-9(2-5-11)10-3-6-12-18-7-13(20)19(12)8-10/h1-8,20H. The number of alkyl halides is 3. The van der Waals surface area contributed by atoms with Gasteiger partial charge < -0.3 is 9.84 Å². The van der Waals surface area contributed by atoms with E-state index in [2.05, 4.69) is 9.72 Å². The van der Waals surface area contributed by atoms with Crippen molar-refractivity contribution in [1.82, 2.24) is 9.38 Å². The monoisotopic (exact) mass is 294 g/mol. The highest BCUT2D eigenvalue weighted by Crippen LogP contribution is 2.27. The third-order valence-corrected chi connectivity index (χ3v) is 2.91. The summed E-state index contributed by atoms with van der Waals surface area (Å²) in [5.41, 5.74) is 2.00. The van der Waals surface area contributed by atoms with Gasteiger partial charge in [0.2, 0.25) is 5.88 Å². The molecule has 2 aromatic heterocycles. The van der Waals surface area contributed by atoms with Gasteiger partial charge in [-0.05, 0) is 35.4 Å². The molecule has 1 N–H and O–H groups in total. The molecule has 3 aromatic rings. The van der Waals surface area contributed by atoms with E-state index in [9.17, 15) is 18.3 Å². The van der Waals surface area contributed by atoms with Crippen molar-refractivity contribution in [3.05, 3.63) is 48.8 Å². The van der Waals surface area contributed by atoms with E-state index < -0.39 is 6.36 Å². The average molecular weight is 294 g/mol. The molecule has 108 valence electrons. The van der Waals surface area contributed by atoms with Crippen LogP contribution in [0.3, 0.4) is 0 Å². The third-order valence-electron chi connectivity index (χ3n) is 2.91. The molecule has 0 unspecified atom stereocenters. The Morgan fingerprint density at radius 3 is 2.33 bits per heavy atom. The van der Waals surface area contributed by atoms with E-state index in [0.29, 0.717) is 11.2 Å². The van der Waals surface area contributed by atoms with Crippen LogP contribution in [0.15, 0.2) is 48.8 Å². The number of benzene rings is 1. The van der Waals surface area contributed by atoms with Crippen molar-refractivity contribution in [2.75, 3.05) is 0 Å². The Morgan fingerprint density at radius 1 is 1.00 bits per heavy atom. The van der Waals surface area contributed by atoms with E-state index in [-0.39, 0.29) is 11.6 Å². The first-order chi connectivity index (χ1) is 9.92. The summed E-state index contributed by atoms with van der Waals surface area (Å²) in [6.07, 6.45) is -1.74. The van der Waals surface area contributed by atoms with Gasteiger partial charge in [-0.1, -0.05) is 12.1 Å². The number of fused-ring (bicyclic) bond motifs is 1. The van der Waals surface area contributed by atoms with Crippen molar-refractivity contribution in [2.45, 2.75) is 6.36 Å². The number of hydrogen-bond donors (Lipinski definition) is 1. The molecular weight excluding hydrogens is 285 g/mol. The number of halogens is 3. The number of nitrogens with zero attached hydrogens (tertiary/aromatic N) is 2. The summed E-state index contributed by atoms with van der Waals surface area (Å²) in [4.78, 5) is 3.98. The minimum absolute atomic E-state index is 0.0103. The molecule has 7 heteroatoms. The van der Waals surface area contributed by atoms with Crippen LogP contribution in [0.1, 0.15) is 0 Å². The van der Waals surface area contributed by atoms with Gasteiger partial charge >= 0.3 is 6.36 Å². The Balaban J connectivity index is 1.93. The van der Waals surface area contributed by atoms with Crippen LogP contribution in [0.2, 0.25) is 0 Å². The Kier molecular flexibility index (Phi) is 2.97. The molecule has 3 rings (SSSR count). The van der Waals surface area contributed by atoms with Crippen molar-refractivity contribution in [2.24, 2.45) is 0 Å². The smallest absolute Gasteiger partial charge is 0.493 e. The Morgan fingerprint density at radius 2 is 1.67 bits per heavy atom. The maximum atomic E-state index is 12.1. The molecule has 1 aromatic carbocycles. The largest absolute Gasteiger partial charge is 0.573 e. The van der Waals surface area contributed by atoms with Gasteiger partial charge in [0, 0.05) is 6.20 Å². The van der Waals surface area contributed by atoms with Gasteiger partial charge in [0.15, 0.2) is 0 Å². The zero-order valence-corrected chi connectivity index (χ0v) is 10.5. The fourth-order valence-corrected chi connectivity index (χ4v) is 1.99. The second kappa shape index (κ2) is 4.69. The molecule has 0 spiro atoms. The molecular formula is C14H9F3N2O2. The molecule has 0 saturated carbocycles. The van der Waals surface area contributed by atoms with E-state index in [4.69, 9.17) is 0 Å². The maximum absolute atomic E-state index is 12.1. The van der Waals surface area contributed by atoms with Crippen LogP contribution in [0.5, 0.6) is 11.6 Å². The van der Waals surface area contributed by atoms with Gasteiger partial charge in [0.1, 0.15) is 11.4 Å². The van der Waals surface area contributed by atoms with Crippen LogP contribution in [0.4, 0.5) is 13.2 Å². The van der Waals surface area contributed by atoms with Crippen molar-refractivity contribution in [3.63, 3.8) is 0 Å². The minimum Gasteiger partial charge on any atom is -0.493 e. The summed E-state index contributed by atoms with van der Waals surface area (Å²) < 4.78 is 41.6. The minimum atomic E-state index is -4.71. The van der Waals surface area contributed by atoms with Gasteiger partial charge in [-0.3, -0.25) is 4.40 Å². The van der Waals surface area contributed by atoms with Crippen LogP contribution in [-0.4, -0.2) is 20.9 Å². The number of ether oxygens (including phenoxy) is 1. The topological polar surface area (TPSA) is 46.8 Å². The number of pyridine rings is 1. The lowest BCUT2D eigenvalue weighted by atomic mass is 10.1. The zero-order valence-electron chi connectivity index (χ0n) is 10.5. The highest BCUT2D eigenvalue weighted by atomic mass is 19.4. The molecule has 2 heterocycles. The summed E-state index contributed by atoms with van der Waals surface area (Å²) >= 11 is 0. The molecule has 0 saturated heterocycles. The molecule has 0 radical (unpaired) electrons. The molecule has 21 heavy (non-hydrogen) atoms. The zero-order chi connectivity index (χ0) is 15.0. The average Bonchev–Trinajstić information content (AvgIpc) is 2.79. The number of aromatic hydroxyl groups is 1. The summed E-state index contributed by atoms with van der Waals surface area (Å²) in [7, 11) is 0. The van der Waals surface area contributed by atoms with E-state index in [1.165, 1.54) is 34.9 Å². The van der Waals surface area contributed by atoms with Crippen molar-refractivity contribution < 1.29 is 23.0 Å². The van der Waals surface area contributed by atoms with Crippen LogP contribution < -0.4 is 4.74 Å². The van der Waals surface area contributed by atoms with Crippen LogP contribution in [0.25, 0.3) is 16.8 Å². The quantitative estimate of drug-likeness (QED) is 0.785. The summed E-state index contributed by atoms with van der Waals surface area (Å²) in [6.45, 7) is 0. The fraction of sp³-hybridized carbons (Fsp3) is 0.0714. The van der Waals surface area contributed by atoms with Crippen LogP contribution in [0, 0.1) is 0 Å². The van der Waals surface area contributed by atoms with E-state index in [1.54, 1.807) is 18.3 Å². The lowest BCUT2D eigenvalue weighted by Crippen LogP contribution is -2.16. The summed E-state index contributed by atoms with van der Waals surface area (Å²) in [5, 5.41) is 9.61. The molecule has 0 aliphatic rings. The fourth-order valence-electron chi connectivity index (χ4n) is 1.99. The highest BCUT2D eigenvalue weighted by Gasteiger charge is 2.30. The SMILES string of the molecule is Oc1cnc2ccc(-c3ccc(OC(F)(F)F)cc3)cn12. The molecule has 0 bridgehead atoms. The first-order valence-corrected chi connectivity index (χ1v) is 5.95. The predicted molar refractivity (Wildman–Crippen MR) is 69.0 cm³/mol. The maximum Gasteiger partial charge on any atom is 0.573 e. The number of rotatable bonds is 2. The van der Waals surface area contributed by atoms with Crippen LogP contribution in [-0.2, 0) is 0 Å². The molecule has 4 nitrogen and oxygen atoms in total. The first-order valence-electron chi connectivity index (χ1n) is 5.95. The normalized spacial score (nSPS) is 11.8. The van der Waals surface area contributed by atoms with Crippen LogP contribution >= 0.6 is 0 Å². The Labute approximate surface area is 117 Å². The predicted octanol–water partition coefficient (Wildman–Crippen LogP) is 3.61. The van der Waals surface area contributed by atoms with E-state index in [0.717, 1.165) is 5.56 Å². The van der Waals surface area contributed by atoms with Gasteiger partial charge in [-0.25, -0.2) is 4.98 Å². The van der Waals surface area contributed by atoms with Gasteiger partial charge in [-0.2, -0.15) is 0 Å². The molecule has 0 atom stereocenters. The number of imidazole rings is 1. The highest BCUT2D eigenvalue weighted by molar-refractivity contribution is 5.65. The summed E-state index contributed by atoms with van der Waals surface area (Å²) in [6, 6.07) is 8.96. The van der Waals surface area contributed by atoms with Gasteiger partial charge in [0.25, 0.3) is 0 Å². The van der Waals surface area contributed by atoms with E-state index >= 15 is 0 Å². The number of aromatic nitrogens is 2. The lowest BCUT2D eigenvalue weighted by molar-refractivity contribution is -0.274. The molecule has 0 amide bonds. The second-order valence-electron chi connectivity index (χ2n) is 4.33. The first kappa shape index (κ1) is 13.3. The van der Waals surface area contributed by atoms with Crippen molar-refractivity contribution >= 4 is 5.65 Å². The molecule has 0 aliphatic carbocycles. The summed E-state index contributed by atoms with van der Waals surface area (Å²) in [5.74, 6) is -0.290.